The van der Waals surface area contributed by atoms with Crippen LogP contribution in [-0.4, -0.2) is 29.7 Å². The number of fused-ring (bicyclic) bond motifs is 1. The highest BCUT2D eigenvalue weighted by Gasteiger charge is 2.12. The van der Waals surface area contributed by atoms with Crippen LogP contribution in [0.1, 0.15) is 5.56 Å². The molecule has 0 unspecified atom stereocenters. The number of halogens is 1. The molecule has 0 bridgehead atoms. The van der Waals surface area contributed by atoms with Gasteiger partial charge in [0, 0.05) is 18.6 Å². The zero-order valence-corrected chi connectivity index (χ0v) is 12.5. The van der Waals surface area contributed by atoms with Crippen LogP contribution in [0.25, 0.3) is 22.6 Å². The molecule has 7 nitrogen and oxygen atoms in total. The number of nitrogens with two attached hydrogens (primary N) is 1. The Morgan fingerprint density at radius 2 is 2.08 bits per heavy atom. The second-order valence-electron chi connectivity index (χ2n) is 5.22. The zero-order valence-electron chi connectivity index (χ0n) is 12.5. The molecule has 0 spiro atoms. The van der Waals surface area contributed by atoms with Crippen LogP contribution >= 0.6 is 0 Å². The largest absolute Gasteiger partial charge is 0.383 e. The quantitative estimate of drug-likeness (QED) is 0.620. The number of hydrogen-bond donors (Lipinski definition) is 1. The van der Waals surface area contributed by atoms with Gasteiger partial charge >= 0.3 is 0 Å². The zero-order chi connectivity index (χ0) is 16.5. The first-order valence-corrected chi connectivity index (χ1v) is 7.20. The molecule has 0 amide bonds. The van der Waals surface area contributed by atoms with E-state index in [4.69, 9.17) is 5.73 Å². The average molecular weight is 321 g/mol. The van der Waals surface area contributed by atoms with Gasteiger partial charge in [-0.1, -0.05) is 12.1 Å². The van der Waals surface area contributed by atoms with Crippen molar-refractivity contribution in [2.45, 2.75) is 6.54 Å². The van der Waals surface area contributed by atoms with Crippen molar-refractivity contribution in [2.24, 2.45) is 0 Å². The topological polar surface area (TPSA) is 95.4 Å². The van der Waals surface area contributed by atoms with E-state index in [1.54, 1.807) is 35.5 Å². The predicted molar refractivity (Wildman–Crippen MR) is 86.3 cm³/mol. The number of benzene rings is 1. The summed E-state index contributed by atoms with van der Waals surface area (Å²) >= 11 is 0. The molecule has 3 aromatic heterocycles. The summed E-state index contributed by atoms with van der Waals surface area (Å²) in [5.74, 6) is 0.392. The minimum atomic E-state index is -0.284. The van der Waals surface area contributed by atoms with Crippen LogP contribution in [0.3, 0.4) is 0 Å². The van der Waals surface area contributed by atoms with Crippen molar-refractivity contribution in [1.82, 2.24) is 29.7 Å². The van der Waals surface area contributed by atoms with Crippen molar-refractivity contribution < 1.29 is 4.39 Å². The Morgan fingerprint density at radius 1 is 1.17 bits per heavy atom. The number of aromatic nitrogens is 6. The molecule has 8 heteroatoms. The van der Waals surface area contributed by atoms with Gasteiger partial charge in [0.05, 0.1) is 18.1 Å². The Bertz CT molecular complexity index is 1010. The molecule has 0 aliphatic heterocycles. The van der Waals surface area contributed by atoms with Crippen LogP contribution in [0.5, 0.6) is 0 Å². The van der Waals surface area contributed by atoms with Gasteiger partial charge < -0.3 is 5.73 Å². The molecule has 0 fully saturated rings. The lowest BCUT2D eigenvalue weighted by molar-refractivity contribution is 0.620. The Labute approximate surface area is 136 Å². The standard InChI is InChI=1S/C16H12FN7/c17-11-3-1-2-10(6-11)8-24-9-12-14(18)21-16(22-15(12)23-24)13-7-19-4-5-20-13/h1-7,9H,8H2,(H2,18,21,22,23). The Morgan fingerprint density at radius 3 is 2.88 bits per heavy atom. The summed E-state index contributed by atoms with van der Waals surface area (Å²) in [5, 5.41) is 5.04. The third kappa shape index (κ3) is 2.65. The maximum Gasteiger partial charge on any atom is 0.187 e. The molecule has 0 radical (unpaired) electrons. The van der Waals surface area contributed by atoms with Gasteiger partial charge in [0.15, 0.2) is 11.5 Å². The molecule has 0 atom stereocenters. The van der Waals surface area contributed by atoms with Crippen LogP contribution in [0.4, 0.5) is 10.2 Å². The summed E-state index contributed by atoms with van der Waals surface area (Å²) < 4.78 is 15.0. The van der Waals surface area contributed by atoms with E-state index in [0.29, 0.717) is 34.9 Å². The molecule has 0 aliphatic carbocycles. The molecule has 0 saturated carbocycles. The molecule has 4 rings (SSSR count). The van der Waals surface area contributed by atoms with E-state index >= 15 is 0 Å². The number of hydrogen-bond acceptors (Lipinski definition) is 6. The van der Waals surface area contributed by atoms with Crippen molar-refractivity contribution in [3.63, 3.8) is 0 Å². The van der Waals surface area contributed by atoms with Crippen molar-refractivity contribution >= 4 is 16.9 Å². The fourth-order valence-electron chi connectivity index (χ4n) is 2.41. The third-order valence-electron chi connectivity index (χ3n) is 3.48. The van der Waals surface area contributed by atoms with E-state index in [1.807, 2.05) is 6.07 Å². The highest BCUT2D eigenvalue weighted by atomic mass is 19.1. The predicted octanol–water partition coefficient (Wildman–Crippen LogP) is 2.05. The monoisotopic (exact) mass is 321 g/mol. The van der Waals surface area contributed by atoms with Gasteiger partial charge in [0.25, 0.3) is 0 Å². The summed E-state index contributed by atoms with van der Waals surface area (Å²) in [6.07, 6.45) is 6.43. The van der Waals surface area contributed by atoms with E-state index in [0.717, 1.165) is 5.56 Å². The minimum Gasteiger partial charge on any atom is -0.383 e. The van der Waals surface area contributed by atoms with Gasteiger partial charge in [-0.2, -0.15) is 5.10 Å². The molecule has 24 heavy (non-hydrogen) atoms. The first-order chi connectivity index (χ1) is 11.7. The van der Waals surface area contributed by atoms with Gasteiger partial charge in [-0.15, -0.1) is 0 Å². The Hall–Kier alpha value is -3.42. The molecule has 3 heterocycles. The Balaban J connectivity index is 1.74. The SMILES string of the molecule is Nc1nc(-c2cnccn2)nc2nn(Cc3cccc(F)c3)cc12. The van der Waals surface area contributed by atoms with E-state index < -0.39 is 0 Å². The second-order valence-corrected chi connectivity index (χ2v) is 5.22. The van der Waals surface area contributed by atoms with Crippen molar-refractivity contribution in [1.29, 1.82) is 0 Å². The maximum absolute atomic E-state index is 13.3. The lowest BCUT2D eigenvalue weighted by atomic mass is 10.2. The van der Waals surface area contributed by atoms with Crippen LogP contribution in [0.15, 0.2) is 49.1 Å². The van der Waals surface area contributed by atoms with Crippen LogP contribution in [-0.2, 0) is 6.54 Å². The third-order valence-corrected chi connectivity index (χ3v) is 3.48. The molecule has 2 N–H and O–H groups in total. The fraction of sp³-hybridized carbons (Fsp3) is 0.0625. The molecule has 0 aliphatic rings. The summed E-state index contributed by atoms with van der Waals surface area (Å²) in [6.45, 7) is 0.411. The number of nitrogen functional groups attached to an aromatic ring is 1. The molecular weight excluding hydrogens is 309 g/mol. The summed E-state index contributed by atoms with van der Waals surface area (Å²) in [7, 11) is 0. The van der Waals surface area contributed by atoms with E-state index in [9.17, 15) is 4.39 Å². The number of nitrogens with zero attached hydrogens (tertiary/aromatic N) is 6. The highest BCUT2D eigenvalue weighted by Crippen LogP contribution is 2.21. The fourth-order valence-corrected chi connectivity index (χ4v) is 2.41. The van der Waals surface area contributed by atoms with E-state index in [2.05, 4.69) is 25.0 Å². The first-order valence-electron chi connectivity index (χ1n) is 7.20. The Kier molecular flexibility index (Phi) is 3.34. The van der Waals surface area contributed by atoms with Crippen LogP contribution in [0, 0.1) is 5.82 Å². The van der Waals surface area contributed by atoms with E-state index in [1.165, 1.54) is 12.1 Å². The van der Waals surface area contributed by atoms with E-state index in [-0.39, 0.29) is 5.82 Å². The van der Waals surface area contributed by atoms with Crippen molar-refractivity contribution in [2.75, 3.05) is 5.73 Å². The van der Waals surface area contributed by atoms with Gasteiger partial charge in [-0.05, 0) is 17.7 Å². The maximum atomic E-state index is 13.3. The highest BCUT2D eigenvalue weighted by molar-refractivity contribution is 5.86. The van der Waals surface area contributed by atoms with Crippen LogP contribution < -0.4 is 5.73 Å². The van der Waals surface area contributed by atoms with Gasteiger partial charge in [-0.25, -0.2) is 19.3 Å². The lowest BCUT2D eigenvalue weighted by Crippen LogP contribution is -2.00. The molecule has 0 saturated heterocycles. The van der Waals surface area contributed by atoms with Crippen molar-refractivity contribution in [3.05, 3.63) is 60.4 Å². The minimum absolute atomic E-state index is 0.284. The molecular formula is C16H12FN7. The normalized spacial score (nSPS) is 11.0. The first kappa shape index (κ1) is 14.2. The molecule has 1 aromatic carbocycles. The second kappa shape index (κ2) is 5.65. The van der Waals surface area contributed by atoms with Crippen molar-refractivity contribution in [3.8, 4) is 11.5 Å². The van der Waals surface area contributed by atoms with Gasteiger partial charge in [0.1, 0.15) is 17.3 Å². The van der Waals surface area contributed by atoms with Gasteiger partial charge in [-0.3, -0.25) is 9.67 Å². The summed E-state index contributed by atoms with van der Waals surface area (Å²) in [6, 6.07) is 6.36. The lowest BCUT2D eigenvalue weighted by Gasteiger charge is -2.00. The number of anilines is 1. The molecule has 4 aromatic rings. The van der Waals surface area contributed by atoms with Crippen LogP contribution in [0.2, 0.25) is 0 Å². The summed E-state index contributed by atoms with van der Waals surface area (Å²) in [4.78, 5) is 16.8. The van der Waals surface area contributed by atoms with Gasteiger partial charge in [0.2, 0.25) is 0 Å². The average Bonchev–Trinajstić information content (AvgIpc) is 2.99. The number of rotatable bonds is 3. The molecule has 118 valence electrons. The smallest absolute Gasteiger partial charge is 0.187 e. The summed E-state index contributed by atoms with van der Waals surface area (Å²) in [5.41, 5.74) is 7.78.